The number of para-hydroxylation sites is 1. The van der Waals surface area contributed by atoms with E-state index in [4.69, 9.17) is 4.74 Å². The summed E-state index contributed by atoms with van der Waals surface area (Å²) in [6, 6.07) is 11.6. The van der Waals surface area contributed by atoms with Crippen molar-refractivity contribution in [3.05, 3.63) is 75.3 Å². The summed E-state index contributed by atoms with van der Waals surface area (Å²) in [6.45, 7) is 7.38. The summed E-state index contributed by atoms with van der Waals surface area (Å²) < 4.78 is 5.54. The van der Waals surface area contributed by atoms with Gasteiger partial charge >= 0.3 is 0 Å². The zero-order valence-corrected chi connectivity index (χ0v) is 22.4. The van der Waals surface area contributed by atoms with Crippen LogP contribution in [-0.2, 0) is 9.59 Å². The summed E-state index contributed by atoms with van der Waals surface area (Å²) >= 11 is 0. The number of carbonyl (C=O) groups is 2. The second kappa shape index (κ2) is 13.7. The summed E-state index contributed by atoms with van der Waals surface area (Å²) in [5.41, 5.74) is 0.336. The number of unbranched alkanes of at least 4 members (excludes halogenated alkanes) is 2. The molecule has 1 N–H and O–H groups in total. The molecule has 204 valence electrons. The number of benzene rings is 2. The molecule has 3 rings (SSSR count). The van der Waals surface area contributed by atoms with Gasteiger partial charge in [-0.05, 0) is 45.0 Å². The van der Waals surface area contributed by atoms with Crippen molar-refractivity contribution in [2.45, 2.75) is 52.0 Å². The Morgan fingerprint density at radius 1 is 1.03 bits per heavy atom. The van der Waals surface area contributed by atoms with Crippen LogP contribution in [0.2, 0.25) is 0 Å². The van der Waals surface area contributed by atoms with Gasteiger partial charge in [-0.25, -0.2) is 0 Å². The highest BCUT2D eigenvalue weighted by Gasteiger charge is 2.46. The highest BCUT2D eigenvalue weighted by Crippen LogP contribution is 2.42. The van der Waals surface area contributed by atoms with Crippen molar-refractivity contribution in [3.63, 3.8) is 0 Å². The number of aliphatic hydroxyl groups excluding tert-OH is 1. The van der Waals surface area contributed by atoms with Crippen LogP contribution >= 0.6 is 0 Å². The van der Waals surface area contributed by atoms with E-state index in [0.29, 0.717) is 24.3 Å². The number of ether oxygens (including phenoxy) is 1. The first kappa shape index (κ1) is 28.8. The van der Waals surface area contributed by atoms with Gasteiger partial charge in [0.25, 0.3) is 17.4 Å². The molecular formula is C29H37N3O6. The van der Waals surface area contributed by atoms with Gasteiger partial charge in [0.15, 0.2) is 0 Å². The molecular weight excluding hydrogens is 486 g/mol. The molecule has 2 aromatic carbocycles. The van der Waals surface area contributed by atoms with Crippen LogP contribution in [0.15, 0.2) is 54.1 Å². The maximum atomic E-state index is 13.3. The van der Waals surface area contributed by atoms with Crippen LogP contribution in [0, 0.1) is 10.1 Å². The van der Waals surface area contributed by atoms with Crippen LogP contribution in [-0.4, -0.2) is 64.8 Å². The number of carbonyl (C=O) groups excluding carboxylic acids is 2. The Bertz CT molecular complexity index is 1170. The van der Waals surface area contributed by atoms with E-state index in [9.17, 15) is 24.8 Å². The Labute approximate surface area is 223 Å². The number of non-ortho nitro benzene ring substituents is 1. The number of likely N-dealkylation sites (tertiary alicyclic amines) is 1. The summed E-state index contributed by atoms with van der Waals surface area (Å²) in [5.74, 6) is -1.50. The van der Waals surface area contributed by atoms with Crippen molar-refractivity contribution in [1.82, 2.24) is 9.80 Å². The predicted octanol–water partition coefficient (Wildman–Crippen LogP) is 5.32. The molecule has 1 fully saturated rings. The van der Waals surface area contributed by atoms with Gasteiger partial charge in [-0.15, -0.1) is 0 Å². The highest BCUT2D eigenvalue weighted by atomic mass is 16.6. The normalized spacial score (nSPS) is 16.8. The zero-order chi connectivity index (χ0) is 27.7. The minimum atomic E-state index is -0.884. The third kappa shape index (κ3) is 6.58. The van der Waals surface area contributed by atoms with E-state index in [1.165, 1.54) is 36.3 Å². The van der Waals surface area contributed by atoms with Gasteiger partial charge in [0.2, 0.25) is 0 Å². The summed E-state index contributed by atoms with van der Waals surface area (Å²) in [6.07, 6.45) is 5.05. The third-order valence-corrected chi connectivity index (χ3v) is 6.83. The molecule has 0 spiro atoms. The number of hydrogen-bond donors (Lipinski definition) is 1. The molecule has 1 aliphatic rings. The van der Waals surface area contributed by atoms with E-state index in [1.807, 2.05) is 0 Å². The summed E-state index contributed by atoms with van der Waals surface area (Å²) in [5, 5.41) is 22.5. The summed E-state index contributed by atoms with van der Waals surface area (Å²) in [7, 11) is 1.50. The van der Waals surface area contributed by atoms with Gasteiger partial charge < -0.3 is 19.6 Å². The number of nitro groups is 1. The van der Waals surface area contributed by atoms with Crippen molar-refractivity contribution in [3.8, 4) is 5.75 Å². The van der Waals surface area contributed by atoms with Crippen LogP contribution in [0.5, 0.6) is 5.75 Å². The van der Waals surface area contributed by atoms with Crippen molar-refractivity contribution >= 4 is 23.1 Å². The van der Waals surface area contributed by atoms with Gasteiger partial charge in [-0.2, -0.15) is 0 Å². The lowest BCUT2D eigenvalue weighted by molar-refractivity contribution is -0.384. The molecule has 1 amide bonds. The first-order valence-corrected chi connectivity index (χ1v) is 13.2. The number of amides is 1. The zero-order valence-electron chi connectivity index (χ0n) is 22.4. The van der Waals surface area contributed by atoms with E-state index in [0.717, 1.165) is 45.3 Å². The fourth-order valence-electron chi connectivity index (χ4n) is 4.81. The second-order valence-corrected chi connectivity index (χ2v) is 9.44. The van der Waals surface area contributed by atoms with Gasteiger partial charge in [0, 0.05) is 29.8 Å². The minimum Gasteiger partial charge on any atom is -0.507 e. The molecule has 0 bridgehead atoms. The quantitative estimate of drug-likeness (QED) is 0.117. The molecule has 2 aromatic rings. The van der Waals surface area contributed by atoms with E-state index in [-0.39, 0.29) is 16.8 Å². The first-order chi connectivity index (χ1) is 18.3. The molecule has 1 atom stereocenters. The Balaban J connectivity index is 2.00. The molecule has 38 heavy (non-hydrogen) atoms. The molecule has 1 heterocycles. The predicted molar refractivity (Wildman–Crippen MR) is 146 cm³/mol. The second-order valence-electron chi connectivity index (χ2n) is 9.44. The van der Waals surface area contributed by atoms with Crippen molar-refractivity contribution in [1.29, 1.82) is 0 Å². The van der Waals surface area contributed by atoms with Gasteiger partial charge in [0.1, 0.15) is 11.5 Å². The van der Waals surface area contributed by atoms with Crippen molar-refractivity contribution < 1.29 is 24.4 Å². The molecule has 0 radical (unpaired) electrons. The Morgan fingerprint density at radius 3 is 2.32 bits per heavy atom. The molecule has 0 aliphatic carbocycles. The smallest absolute Gasteiger partial charge is 0.295 e. The third-order valence-electron chi connectivity index (χ3n) is 6.83. The summed E-state index contributed by atoms with van der Waals surface area (Å²) in [4.78, 5) is 41.2. The van der Waals surface area contributed by atoms with Crippen LogP contribution in [0.4, 0.5) is 5.69 Å². The fourth-order valence-corrected chi connectivity index (χ4v) is 4.81. The molecule has 9 nitrogen and oxygen atoms in total. The average molecular weight is 524 g/mol. The largest absolute Gasteiger partial charge is 0.507 e. The standard InChI is InChI=1S/C29H37N3O6/c1-4-6-16-30(17-7-5-2)18-11-19-31-26(23-14-8-9-15-24(23)38-3)25(28(34)29(31)35)27(33)21-12-10-13-22(20-21)32(36)37/h8-10,12-15,20,26,33H,4-7,11,16-19H2,1-3H3/b27-25-. The minimum absolute atomic E-state index is 0.0994. The number of Topliss-reactive ketones (excluding diaryl/α,β-unsaturated/α-hetero) is 1. The van der Waals surface area contributed by atoms with Gasteiger partial charge in [-0.3, -0.25) is 19.7 Å². The average Bonchev–Trinajstić information content (AvgIpc) is 3.18. The number of nitro benzene ring substituents is 1. The number of methoxy groups -OCH3 is 1. The molecule has 1 unspecified atom stereocenters. The number of aliphatic hydroxyl groups is 1. The highest BCUT2D eigenvalue weighted by molar-refractivity contribution is 6.46. The Hall–Kier alpha value is -3.72. The fraction of sp³-hybridized carbons (Fsp3) is 0.448. The Kier molecular flexibility index (Phi) is 10.4. The van der Waals surface area contributed by atoms with Gasteiger partial charge in [0.05, 0.1) is 23.6 Å². The topological polar surface area (TPSA) is 113 Å². The van der Waals surface area contributed by atoms with Crippen LogP contribution in [0.3, 0.4) is 0 Å². The van der Waals surface area contributed by atoms with Crippen molar-refractivity contribution in [2.75, 3.05) is 33.3 Å². The Morgan fingerprint density at radius 2 is 1.68 bits per heavy atom. The maximum Gasteiger partial charge on any atom is 0.295 e. The van der Waals surface area contributed by atoms with Gasteiger partial charge in [-0.1, -0.05) is 57.0 Å². The molecule has 1 saturated heterocycles. The van der Waals surface area contributed by atoms with E-state index in [2.05, 4.69) is 18.7 Å². The molecule has 9 heteroatoms. The lowest BCUT2D eigenvalue weighted by Crippen LogP contribution is -2.34. The maximum absolute atomic E-state index is 13.3. The number of hydrogen-bond acceptors (Lipinski definition) is 7. The lowest BCUT2D eigenvalue weighted by Gasteiger charge is -2.28. The number of nitrogens with zero attached hydrogens (tertiary/aromatic N) is 3. The van der Waals surface area contributed by atoms with E-state index >= 15 is 0 Å². The lowest BCUT2D eigenvalue weighted by atomic mass is 9.94. The van der Waals surface area contributed by atoms with Crippen LogP contribution in [0.1, 0.15) is 63.1 Å². The van der Waals surface area contributed by atoms with Crippen molar-refractivity contribution in [2.24, 2.45) is 0 Å². The molecule has 0 saturated carbocycles. The molecule has 1 aliphatic heterocycles. The van der Waals surface area contributed by atoms with E-state index < -0.39 is 28.4 Å². The molecule has 0 aromatic heterocycles. The van der Waals surface area contributed by atoms with Crippen LogP contribution < -0.4 is 4.74 Å². The number of ketones is 1. The monoisotopic (exact) mass is 523 g/mol. The van der Waals surface area contributed by atoms with Crippen LogP contribution in [0.25, 0.3) is 5.76 Å². The first-order valence-electron chi connectivity index (χ1n) is 13.2. The SMILES string of the molecule is CCCCN(CCCC)CCCN1C(=O)C(=O)/C(=C(\O)c2cccc([N+](=O)[O-])c2)C1c1ccccc1OC. The number of rotatable bonds is 14. The van der Waals surface area contributed by atoms with E-state index in [1.54, 1.807) is 24.3 Å².